The molecule has 19 heavy (non-hydrogen) atoms. The lowest BCUT2D eigenvalue weighted by Crippen LogP contribution is -2.40. The topological polar surface area (TPSA) is 65.1 Å². The van der Waals surface area contributed by atoms with Crippen molar-refractivity contribution >= 4 is 11.4 Å². The van der Waals surface area contributed by atoms with Gasteiger partial charge in [-0.05, 0) is 56.6 Å². The minimum Gasteiger partial charge on any atom is -0.397 e. The van der Waals surface area contributed by atoms with Gasteiger partial charge in [-0.25, -0.2) is 0 Å². The Balaban J connectivity index is 1.97. The number of nitrogen functional groups attached to an aromatic ring is 1. The second kappa shape index (κ2) is 5.50. The third-order valence-corrected chi connectivity index (χ3v) is 4.08. The Morgan fingerprint density at radius 1 is 1.42 bits per heavy atom. The van der Waals surface area contributed by atoms with Gasteiger partial charge in [-0.1, -0.05) is 6.92 Å². The van der Waals surface area contributed by atoms with Gasteiger partial charge in [0.1, 0.15) is 0 Å². The number of nitrogens with two attached hydrogens (primary N) is 1. The van der Waals surface area contributed by atoms with E-state index in [0.717, 1.165) is 25.3 Å². The van der Waals surface area contributed by atoms with E-state index in [0.29, 0.717) is 16.7 Å². The molecule has 2 rings (SSSR count). The molecule has 1 saturated heterocycles. The predicted octanol–water partition coefficient (Wildman–Crippen LogP) is 2.28. The second-order valence-corrected chi connectivity index (χ2v) is 5.88. The van der Waals surface area contributed by atoms with E-state index in [1.807, 2.05) is 6.07 Å². The van der Waals surface area contributed by atoms with Crippen LogP contribution in [0.25, 0.3) is 0 Å². The number of nitrogens with one attached hydrogen (secondary N) is 1. The quantitative estimate of drug-likeness (QED) is 0.816. The van der Waals surface area contributed by atoms with E-state index in [9.17, 15) is 0 Å². The maximum atomic E-state index is 8.82. The smallest absolute Gasteiger partial charge is 0.0992 e. The van der Waals surface area contributed by atoms with Crippen molar-refractivity contribution < 1.29 is 0 Å². The summed E-state index contributed by atoms with van der Waals surface area (Å²) in [5, 5.41) is 12.3. The second-order valence-electron chi connectivity index (χ2n) is 5.88. The zero-order valence-electron chi connectivity index (χ0n) is 11.7. The van der Waals surface area contributed by atoms with Crippen molar-refractivity contribution in [2.45, 2.75) is 19.8 Å². The van der Waals surface area contributed by atoms with Crippen molar-refractivity contribution in [1.29, 1.82) is 5.26 Å². The number of likely N-dealkylation sites (tertiary alicyclic amines) is 1. The maximum absolute atomic E-state index is 8.82. The van der Waals surface area contributed by atoms with Crippen molar-refractivity contribution in [3.8, 4) is 6.07 Å². The van der Waals surface area contributed by atoms with Crippen molar-refractivity contribution in [3.63, 3.8) is 0 Å². The van der Waals surface area contributed by atoms with E-state index in [2.05, 4.69) is 30.3 Å². The first-order valence-corrected chi connectivity index (χ1v) is 6.74. The molecule has 0 aromatic heterocycles. The number of piperidine rings is 1. The van der Waals surface area contributed by atoms with Gasteiger partial charge in [0.15, 0.2) is 0 Å². The Morgan fingerprint density at radius 3 is 2.68 bits per heavy atom. The highest BCUT2D eigenvalue weighted by molar-refractivity contribution is 5.68. The van der Waals surface area contributed by atoms with Crippen LogP contribution >= 0.6 is 0 Å². The van der Waals surface area contributed by atoms with Gasteiger partial charge < -0.3 is 16.0 Å². The Kier molecular flexibility index (Phi) is 3.96. The standard InChI is InChI=1S/C15H22N4/c1-15(5-7-19(2)8-6-15)11-18-14-4-3-12(10-16)9-13(14)17/h3-4,9,18H,5-8,11,17H2,1-2H3. The summed E-state index contributed by atoms with van der Waals surface area (Å²) in [5.41, 5.74) is 8.47. The van der Waals surface area contributed by atoms with Crippen LogP contribution in [-0.4, -0.2) is 31.6 Å². The van der Waals surface area contributed by atoms with Crippen LogP contribution in [0.15, 0.2) is 18.2 Å². The number of rotatable bonds is 3. The highest BCUT2D eigenvalue weighted by atomic mass is 15.1. The predicted molar refractivity (Wildman–Crippen MR) is 78.9 cm³/mol. The van der Waals surface area contributed by atoms with Gasteiger partial charge in [0.25, 0.3) is 0 Å². The molecule has 1 aliphatic heterocycles. The van der Waals surface area contributed by atoms with E-state index in [4.69, 9.17) is 11.0 Å². The molecule has 0 amide bonds. The van der Waals surface area contributed by atoms with Crippen LogP contribution in [-0.2, 0) is 0 Å². The molecule has 0 spiro atoms. The largest absolute Gasteiger partial charge is 0.397 e. The lowest BCUT2D eigenvalue weighted by atomic mass is 9.80. The van der Waals surface area contributed by atoms with Gasteiger partial charge in [-0.2, -0.15) is 5.26 Å². The van der Waals surface area contributed by atoms with Crippen molar-refractivity contribution in [2.75, 3.05) is 37.7 Å². The molecule has 0 radical (unpaired) electrons. The van der Waals surface area contributed by atoms with Crippen LogP contribution in [0.2, 0.25) is 0 Å². The number of anilines is 2. The molecule has 4 heteroatoms. The van der Waals surface area contributed by atoms with Crippen molar-refractivity contribution in [3.05, 3.63) is 23.8 Å². The van der Waals surface area contributed by atoms with Crippen molar-refractivity contribution in [1.82, 2.24) is 4.90 Å². The minimum absolute atomic E-state index is 0.326. The van der Waals surface area contributed by atoms with Crippen LogP contribution < -0.4 is 11.1 Å². The summed E-state index contributed by atoms with van der Waals surface area (Å²) in [6.45, 7) is 5.56. The van der Waals surface area contributed by atoms with E-state index in [1.54, 1.807) is 12.1 Å². The minimum atomic E-state index is 0.326. The zero-order valence-corrected chi connectivity index (χ0v) is 11.7. The van der Waals surface area contributed by atoms with Crippen LogP contribution in [0, 0.1) is 16.7 Å². The summed E-state index contributed by atoms with van der Waals surface area (Å²) in [6.07, 6.45) is 2.40. The lowest BCUT2D eigenvalue weighted by Gasteiger charge is -2.38. The zero-order chi connectivity index (χ0) is 13.9. The normalized spacial score (nSPS) is 18.8. The summed E-state index contributed by atoms with van der Waals surface area (Å²) in [7, 11) is 2.17. The fraction of sp³-hybridized carbons (Fsp3) is 0.533. The SMILES string of the molecule is CN1CCC(C)(CNc2ccc(C#N)cc2N)CC1. The van der Waals surface area contributed by atoms with E-state index in [1.165, 1.54) is 12.8 Å². The molecule has 3 N–H and O–H groups in total. The fourth-order valence-corrected chi connectivity index (χ4v) is 2.44. The summed E-state index contributed by atoms with van der Waals surface area (Å²) >= 11 is 0. The molecular formula is C15H22N4. The van der Waals surface area contributed by atoms with E-state index < -0.39 is 0 Å². The molecule has 0 aliphatic carbocycles. The fourth-order valence-electron chi connectivity index (χ4n) is 2.44. The van der Waals surface area contributed by atoms with Gasteiger partial charge in [-0.3, -0.25) is 0 Å². The van der Waals surface area contributed by atoms with Gasteiger partial charge in [0, 0.05) is 6.54 Å². The molecule has 1 aromatic carbocycles. The lowest BCUT2D eigenvalue weighted by molar-refractivity contribution is 0.150. The van der Waals surface area contributed by atoms with Crippen LogP contribution in [0.1, 0.15) is 25.3 Å². The Bertz CT molecular complexity index is 481. The number of hydrogen-bond donors (Lipinski definition) is 2. The highest BCUT2D eigenvalue weighted by Crippen LogP contribution is 2.31. The molecule has 0 atom stereocenters. The first-order valence-electron chi connectivity index (χ1n) is 6.74. The van der Waals surface area contributed by atoms with Crippen molar-refractivity contribution in [2.24, 2.45) is 5.41 Å². The number of benzene rings is 1. The number of nitriles is 1. The molecule has 0 unspecified atom stereocenters. The van der Waals surface area contributed by atoms with Gasteiger partial charge >= 0.3 is 0 Å². The number of hydrogen-bond acceptors (Lipinski definition) is 4. The number of nitrogens with zero attached hydrogens (tertiary/aromatic N) is 2. The highest BCUT2D eigenvalue weighted by Gasteiger charge is 2.28. The Hall–Kier alpha value is -1.73. The van der Waals surface area contributed by atoms with E-state index >= 15 is 0 Å². The first-order chi connectivity index (χ1) is 9.02. The molecule has 0 saturated carbocycles. The van der Waals surface area contributed by atoms with E-state index in [-0.39, 0.29) is 0 Å². The molecular weight excluding hydrogens is 236 g/mol. The van der Waals surface area contributed by atoms with Gasteiger partial charge in [0.05, 0.1) is 23.0 Å². The molecule has 1 heterocycles. The summed E-state index contributed by atoms with van der Waals surface area (Å²) in [6, 6.07) is 7.52. The molecule has 0 bridgehead atoms. The third kappa shape index (κ3) is 3.39. The molecule has 1 aliphatic rings. The molecule has 102 valence electrons. The molecule has 1 aromatic rings. The first kappa shape index (κ1) is 13.7. The summed E-state index contributed by atoms with van der Waals surface area (Å²) in [5.74, 6) is 0. The summed E-state index contributed by atoms with van der Waals surface area (Å²) in [4.78, 5) is 2.37. The Morgan fingerprint density at radius 2 is 2.11 bits per heavy atom. The molecule has 1 fully saturated rings. The average Bonchev–Trinajstić information content (AvgIpc) is 2.41. The van der Waals surface area contributed by atoms with Gasteiger partial charge in [0.2, 0.25) is 0 Å². The Labute approximate surface area is 115 Å². The van der Waals surface area contributed by atoms with Crippen LogP contribution in [0.5, 0.6) is 0 Å². The third-order valence-electron chi connectivity index (χ3n) is 4.08. The van der Waals surface area contributed by atoms with Crippen LogP contribution in [0.3, 0.4) is 0 Å². The summed E-state index contributed by atoms with van der Waals surface area (Å²) < 4.78 is 0. The van der Waals surface area contributed by atoms with Gasteiger partial charge in [-0.15, -0.1) is 0 Å². The maximum Gasteiger partial charge on any atom is 0.0992 e. The average molecular weight is 258 g/mol. The molecule has 4 nitrogen and oxygen atoms in total. The monoisotopic (exact) mass is 258 g/mol. The van der Waals surface area contributed by atoms with Crippen LogP contribution in [0.4, 0.5) is 11.4 Å².